The van der Waals surface area contributed by atoms with Gasteiger partial charge in [-0.1, -0.05) is 54.1 Å². The van der Waals surface area contributed by atoms with Gasteiger partial charge in [0.05, 0.1) is 10.6 Å². The zero-order valence-corrected chi connectivity index (χ0v) is 20.4. The molecule has 0 radical (unpaired) electrons. The lowest BCUT2D eigenvalue weighted by Gasteiger charge is -2.09. The van der Waals surface area contributed by atoms with Crippen LogP contribution in [-0.2, 0) is 11.0 Å². The van der Waals surface area contributed by atoms with E-state index in [-0.39, 0.29) is 0 Å². The van der Waals surface area contributed by atoms with Gasteiger partial charge in [-0.2, -0.15) is 0 Å². The van der Waals surface area contributed by atoms with E-state index in [9.17, 15) is 4.21 Å². The Bertz CT molecular complexity index is 1710. The summed E-state index contributed by atoms with van der Waals surface area (Å²) in [6.45, 7) is 2.01. The average Bonchev–Trinajstić information content (AvgIpc) is 3.35. The molecule has 0 saturated heterocycles. The lowest BCUT2D eigenvalue weighted by atomic mass is 10.1. The molecule has 2 N–H and O–H groups in total. The molecule has 1 unspecified atom stereocenters. The van der Waals surface area contributed by atoms with Crippen LogP contribution in [0.25, 0.3) is 27.7 Å². The Balaban J connectivity index is 1.22. The topological polar surface area (TPSA) is 71.3 Å². The molecule has 0 fully saturated rings. The van der Waals surface area contributed by atoms with Crippen LogP contribution in [0.15, 0.2) is 114 Å². The molecule has 2 aromatic heterocycles. The van der Waals surface area contributed by atoms with E-state index in [1.165, 1.54) is 10.8 Å². The van der Waals surface area contributed by atoms with Gasteiger partial charge in [0.15, 0.2) is 11.5 Å². The SMILES string of the molecule is Cc1ccc(S(=O)Nc2ccc(Nc3nccn4cc(-c5ccc6ccccc6c5)nc34)cc2)cc1. The standard InChI is InChI=1S/C29H23N5OS/c1-20-6-14-26(15-7-20)36(35)33-25-12-10-24(11-13-25)31-28-29-32-27(19-34(29)17-16-30-28)23-9-8-21-4-2-3-5-22(21)18-23/h2-19,33H,1H3,(H,30,31). The predicted octanol–water partition coefficient (Wildman–Crippen LogP) is 6.74. The molecule has 0 aliphatic rings. The number of imidazole rings is 1. The summed E-state index contributed by atoms with van der Waals surface area (Å²) in [6, 6.07) is 30.0. The second-order valence-corrected chi connectivity index (χ2v) is 9.79. The smallest absolute Gasteiger partial charge is 0.181 e. The van der Waals surface area contributed by atoms with Gasteiger partial charge < -0.3 is 14.4 Å². The lowest BCUT2D eigenvalue weighted by molar-refractivity contribution is 0.686. The second-order valence-electron chi connectivity index (χ2n) is 8.58. The van der Waals surface area contributed by atoms with Crippen molar-refractivity contribution < 1.29 is 4.21 Å². The van der Waals surface area contributed by atoms with E-state index in [1.807, 2.05) is 84.4 Å². The molecule has 6 rings (SSSR count). The monoisotopic (exact) mass is 489 g/mol. The maximum absolute atomic E-state index is 12.6. The number of hydrogen-bond acceptors (Lipinski definition) is 4. The van der Waals surface area contributed by atoms with E-state index in [0.29, 0.717) is 5.82 Å². The minimum atomic E-state index is -1.33. The third-order valence-electron chi connectivity index (χ3n) is 6.01. The number of aryl methyl sites for hydroxylation is 1. The van der Waals surface area contributed by atoms with Gasteiger partial charge in [-0.15, -0.1) is 0 Å². The third kappa shape index (κ3) is 4.44. The number of nitrogens with one attached hydrogen (secondary N) is 2. The van der Waals surface area contributed by atoms with Gasteiger partial charge in [0, 0.05) is 35.5 Å². The van der Waals surface area contributed by atoms with Crippen LogP contribution in [0.1, 0.15) is 5.56 Å². The number of nitrogens with zero attached hydrogens (tertiary/aromatic N) is 3. The Morgan fingerprint density at radius 2 is 1.58 bits per heavy atom. The Morgan fingerprint density at radius 1 is 0.833 bits per heavy atom. The third-order valence-corrected chi connectivity index (χ3v) is 7.13. The molecule has 0 aliphatic carbocycles. The molecular formula is C29H23N5OS. The first-order valence-corrected chi connectivity index (χ1v) is 12.7. The van der Waals surface area contributed by atoms with Crippen LogP contribution in [0.5, 0.6) is 0 Å². The molecule has 0 amide bonds. The maximum Gasteiger partial charge on any atom is 0.181 e. The lowest BCUT2D eigenvalue weighted by Crippen LogP contribution is -2.04. The predicted molar refractivity (Wildman–Crippen MR) is 147 cm³/mol. The fourth-order valence-electron chi connectivity index (χ4n) is 4.08. The Kier molecular flexibility index (Phi) is 5.67. The number of fused-ring (bicyclic) bond motifs is 2. The van der Waals surface area contributed by atoms with E-state index in [2.05, 4.69) is 45.4 Å². The first-order valence-electron chi connectivity index (χ1n) is 11.6. The number of anilines is 3. The van der Waals surface area contributed by atoms with Crippen LogP contribution in [0.3, 0.4) is 0 Å². The van der Waals surface area contributed by atoms with Crippen LogP contribution < -0.4 is 10.0 Å². The van der Waals surface area contributed by atoms with E-state index in [0.717, 1.165) is 38.7 Å². The zero-order chi connectivity index (χ0) is 24.5. The molecule has 4 aromatic carbocycles. The maximum atomic E-state index is 12.6. The summed E-state index contributed by atoms with van der Waals surface area (Å²) in [5, 5.41) is 5.75. The highest BCUT2D eigenvalue weighted by molar-refractivity contribution is 7.86. The van der Waals surface area contributed by atoms with E-state index < -0.39 is 11.0 Å². The number of rotatable bonds is 6. The van der Waals surface area contributed by atoms with Crippen LogP contribution in [0.4, 0.5) is 17.2 Å². The van der Waals surface area contributed by atoms with Crippen molar-refractivity contribution in [3.05, 3.63) is 115 Å². The molecule has 0 aliphatic heterocycles. The van der Waals surface area contributed by atoms with Gasteiger partial charge in [0.25, 0.3) is 0 Å². The largest absolute Gasteiger partial charge is 0.337 e. The Labute approximate surface area is 211 Å². The van der Waals surface area contributed by atoms with Gasteiger partial charge >= 0.3 is 0 Å². The fourth-order valence-corrected chi connectivity index (χ4v) is 4.93. The van der Waals surface area contributed by atoms with Crippen molar-refractivity contribution in [1.29, 1.82) is 0 Å². The molecular weight excluding hydrogens is 466 g/mol. The summed E-state index contributed by atoms with van der Waals surface area (Å²) >= 11 is 0. The summed E-state index contributed by atoms with van der Waals surface area (Å²) in [5.41, 5.74) is 5.44. The average molecular weight is 490 g/mol. The van der Waals surface area contributed by atoms with Crippen LogP contribution >= 0.6 is 0 Å². The Hall–Kier alpha value is -4.49. The summed E-state index contributed by atoms with van der Waals surface area (Å²) in [5.74, 6) is 0.661. The van der Waals surface area contributed by atoms with E-state index in [1.54, 1.807) is 6.20 Å². The van der Waals surface area contributed by atoms with Crippen molar-refractivity contribution in [3.8, 4) is 11.3 Å². The van der Waals surface area contributed by atoms with Gasteiger partial charge in [-0.25, -0.2) is 14.2 Å². The Morgan fingerprint density at radius 3 is 2.39 bits per heavy atom. The molecule has 0 bridgehead atoms. The summed E-state index contributed by atoms with van der Waals surface area (Å²) in [4.78, 5) is 10.1. The van der Waals surface area contributed by atoms with Crippen molar-refractivity contribution in [2.24, 2.45) is 0 Å². The highest BCUT2D eigenvalue weighted by Gasteiger charge is 2.11. The second kappa shape index (κ2) is 9.28. The molecule has 0 saturated carbocycles. The minimum Gasteiger partial charge on any atom is -0.337 e. The van der Waals surface area contributed by atoms with Crippen LogP contribution in [-0.4, -0.2) is 18.6 Å². The number of aromatic nitrogens is 3. The number of hydrogen-bond donors (Lipinski definition) is 2. The first-order chi connectivity index (χ1) is 17.6. The molecule has 36 heavy (non-hydrogen) atoms. The molecule has 0 spiro atoms. The molecule has 6 aromatic rings. The quantitative estimate of drug-likeness (QED) is 0.272. The highest BCUT2D eigenvalue weighted by atomic mass is 32.2. The van der Waals surface area contributed by atoms with Gasteiger partial charge in [0.2, 0.25) is 0 Å². The molecule has 6 nitrogen and oxygen atoms in total. The van der Waals surface area contributed by atoms with Gasteiger partial charge in [-0.3, -0.25) is 0 Å². The number of benzene rings is 4. The van der Waals surface area contributed by atoms with E-state index in [4.69, 9.17) is 4.98 Å². The van der Waals surface area contributed by atoms with Crippen molar-refractivity contribution in [3.63, 3.8) is 0 Å². The first kappa shape index (κ1) is 22.0. The van der Waals surface area contributed by atoms with Crippen molar-refractivity contribution in [1.82, 2.24) is 14.4 Å². The zero-order valence-electron chi connectivity index (χ0n) is 19.6. The van der Waals surface area contributed by atoms with Crippen molar-refractivity contribution in [2.45, 2.75) is 11.8 Å². The summed E-state index contributed by atoms with van der Waals surface area (Å²) < 4.78 is 17.6. The molecule has 2 heterocycles. The van der Waals surface area contributed by atoms with Crippen LogP contribution in [0.2, 0.25) is 0 Å². The van der Waals surface area contributed by atoms with Crippen molar-refractivity contribution in [2.75, 3.05) is 10.0 Å². The van der Waals surface area contributed by atoms with Gasteiger partial charge in [0.1, 0.15) is 11.0 Å². The fraction of sp³-hybridized carbons (Fsp3) is 0.0345. The summed E-state index contributed by atoms with van der Waals surface area (Å²) in [7, 11) is -1.33. The summed E-state index contributed by atoms with van der Waals surface area (Å²) in [6.07, 6.45) is 5.66. The molecule has 7 heteroatoms. The minimum absolute atomic E-state index is 0.661. The van der Waals surface area contributed by atoms with Gasteiger partial charge in [-0.05, 0) is 60.2 Å². The van der Waals surface area contributed by atoms with E-state index >= 15 is 0 Å². The van der Waals surface area contributed by atoms with Crippen LogP contribution in [0, 0.1) is 6.92 Å². The highest BCUT2D eigenvalue weighted by Crippen LogP contribution is 2.27. The normalized spacial score (nSPS) is 12.0. The molecule has 1 atom stereocenters. The van der Waals surface area contributed by atoms with Crippen molar-refractivity contribution >= 4 is 44.6 Å². The molecule has 176 valence electrons.